The van der Waals surface area contributed by atoms with Crippen molar-refractivity contribution in [3.63, 3.8) is 0 Å². The lowest BCUT2D eigenvalue weighted by atomic mass is 10.0. The summed E-state index contributed by atoms with van der Waals surface area (Å²) in [6, 6.07) is 0. The van der Waals surface area contributed by atoms with Crippen molar-refractivity contribution in [1.82, 2.24) is 0 Å². The van der Waals surface area contributed by atoms with Gasteiger partial charge < -0.3 is 14.2 Å². The maximum atomic E-state index is 12.9. The van der Waals surface area contributed by atoms with Gasteiger partial charge in [-0.1, -0.05) is 277 Å². The van der Waals surface area contributed by atoms with E-state index in [1.807, 2.05) is 0 Å². The molecule has 0 heterocycles. The normalized spacial score (nSPS) is 12.9. The van der Waals surface area contributed by atoms with Crippen molar-refractivity contribution in [1.29, 1.82) is 0 Å². The Morgan fingerprint density at radius 3 is 0.805 bits per heavy atom. The number of carbonyl (C=O) groups excluding carboxylic acids is 3. The second-order valence-corrected chi connectivity index (χ2v) is 20.9. The van der Waals surface area contributed by atoms with E-state index >= 15 is 0 Å². The topological polar surface area (TPSA) is 78.9 Å². The summed E-state index contributed by atoms with van der Waals surface area (Å²) in [5, 5.41) is 0. The van der Waals surface area contributed by atoms with Crippen molar-refractivity contribution in [2.24, 2.45) is 0 Å². The fraction of sp³-hybridized carbons (Fsp3) is 0.676. The molecule has 0 aliphatic rings. The second kappa shape index (κ2) is 64.3. The Bertz CT molecular complexity index is 1600. The Morgan fingerprint density at radius 2 is 0.506 bits per heavy atom. The number of allylic oxidation sites excluding steroid dienone is 20. The average Bonchev–Trinajstić information content (AvgIpc) is 3.43. The van der Waals surface area contributed by atoms with Crippen LogP contribution in [0.4, 0.5) is 0 Å². The first-order chi connectivity index (χ1) is 38.0. The van der Waals surface area contributed by atoms with Crippen LogP contribution in [-0.4, -0.2) is 37.2 Å². The van der Waals surface area contributed by atoms with Gasteiger partial charge in [0.15, 0.2) is 6.10 Å². The molecular weight excluding hydrogens is 949 g/mol. The van der Waals surface area contributed by atoms with Gasteiger partial charge in [-0.15, -0.1) is 0 Å². The van der Waals surface area contributed by atoms with E-state index in [1.165, 1.54) is 128 Å². The van der Waals surface area contributed by atoms with Gasteiger partial charge in [-0.05, 0) is 116 Å². The lowest BCUT2D eigenvalue weighted by Crippen LogP contribution is -2.30. The highest BCUT2D eigenvalue weighted by molar-refractivity contribution is 5.71. The second-order valence-electron chi connectivity index (χ2n) is 20.9. The van der Waals surface area contributed by atoms with Crippen LogP contribution in [-0.2, 0) is 28.6 Å². The molecule has 0 amide bonds. The van der Waals surface area contributed by atoms with Crippen LogP contribution in [0.3, 0.4) is 0 Å². The third-order valence-corrected chi connectivity index (χ3v) is 13.5. The van der Waals surface area contributed by atoms with Crippen LogP contribution in [0.25, 0.3) is 0 Å². The molecule has 0 aliphatic carbocycles. The zero-order valence-corrected chi connectivity index (χ0v) is 50.2. The van der Waals surface area contributed by atoms with Crippen molar-refractivity contribution < 1.29 is 28.6 Å². The van der Waals surface area contributed by atoms with Crippen LogP contribution in [0.2, 0.25) is 0 Å². The predicted molar refractivity (Wildman–Crippen MR) is 334 cm³/mol. The number of ether oxygens (including phenoxy) is 3. The van der Waals surface area contributed by atoms with E-state index in [-0.39, 0.29) is 37.5 Å². The summed E-state index contributed by atoms with van der Waals surface area (Å²) >= 11 is 0. The van der Waals surface area contributed by atoms with Crippen LogP contribution in [0, 0.1) is 0 Å². The summed E-state index contributed by atoms with van der Waals surface area (Å²) < 4.78 is 16.8. The van der Waals surface area contributed by atoms with E-state index in [0.29, 0.717) is 12.8 Å². The molecule has 0 spiro atoms. The molecule has 1 atom stereocenters. The predicted octanol–water partition coefficient (Wildman–Crippen LogP) is 22.0. The molecule has 0 fully saturated rings. The monoisotopic (exact) mass is 1070 g/mol. The molecule has 0 aliphatic heterocycles. The van der Waals surface area contributed by atoms with Crippen molar-refractivity contribution in [3.8, 4) is 0 Å². The van der Waals surface area contributed by atoms with Crippen LogP contribution in [0.1, 0.15) is 290 Å². The molecule has 6 heteroatoms. The summed E-state index contributed by atoms with van der Waals surface area (Å²) in [5.41, 5.74) is 0. The zero-order chi connectivity index (χ0) is 55.7. The van der Waals surface area contributed by atoms with Gasteiger partial charge in [-0.3, -0.25) is 14.4 Å². The molecule has 0 N–H and O–H groups in total. The van der Waals surface area contributed by atoms with Gasteiger partial charge in [0.05, 0.1) is 0 Å². The molecule has 1 unspecified atom stereocenters. The number of rotatable bonds is 57. The lowest BCUT2D eigenvalue weighted by molar-refractivity contribution is -0.167. The van der Waals surface area contributed by atoms with Gasteiger partial charge in [0.25, 0.3) is 0 Å². The molecular formula is C71H118O6. The maximum absolute atomic E-state index is 12.9. The number of hydrogen-bond acceptors (Lipinski definition) is 6. The first-order valence-corrected chi connectivity index (χ1v) is 32.0. The molecule has 0 aromatic heterocycles. The minimum absolute atomic E-state index is 0.0934. The highest BCUT2D eigenvalue weighted by Gasteiger charge is 2.19. The summed E-state index contributed by atoms with van der Waals surface area (Å²) in [5.74, 6) is -0.933. The highest BCUT2D eigenvalue weighted by Crippen LogP contribution is 2.15. The van der Waals surface area contributed by atoms with E-state index < -0.39 is 6.10 Å². The van der Waals surface area contributed by atoms with Crippen LogP contribution in [0.5, 0.6) is 0 Å². The van der Waals surface area contributed by atoms with Crippen LogP contribution >= 0.6 is 0 Å². The first-order valence-electron chi connectivity index (χ1n) is 32.0. The number of unbranched alkanes of at least 4 members (excludes halogenated alkanes) is 26. The number of esters is 3. The van der Waals surface area contributed by atoms with E-state index in [0.717, 1.165) is 122 Å². The van der Waals surface area contributed by atoms with Crippen molar-refractivity contribution in [3.05, 3.63) is 122 Å². The van der Waals surface area contributed by atoms with Gasteiger partial charge in [-0.2, -0.15) is 0 Å². The Balaban J connectivity index is 4.23. The molecule has 0 aromatic carbocycles. The van der Waals surface area contributed by atoms with E-state index in [2.05, 4.69) is 142 Å². The van der Waals surface area contributed by atoms with Crippen molar-refractivity contribution in [2.75, 3.05) is 13.2 Å². The summed E-state index contributed by atoms with van der Waals surface area (Å²) in [4.78, 5) is 38.1. The highest BCUT2D eigenvalue weighted by atomic mass is 16.6. The van der Waals surface area contributed by atoms with E-state index in [1.54, 1.807) is 0 Å². The fourth-order valence-electron chi connectivity index (χ4n) is 8.67. The molecule has 0 bridgehead atoms. The largest absolute Gasteiger partial charge is 0.462 e. The summed E-state index contributed by atoms with van der Waals surface area (Å²) in [6.45, 7) is 6.45. The Morgan fingerprint density at radius 1 is 0.273 bits per heavy atom. The van der Waals surface area contributed by atoms with E-state index in [4.69, 9.17) is 14.2 Å². The standard InChI is InChI=1S/C71H118O6/c1-4-7-10-13-16-18-20-22-24-26-28-30-32-34-35-37-38-40-42-44-46-48-50-52-55-58-61-64-70(73)76-67-68(66-75-69(72)63-60-57-54-15-12-9-6-3)77-71(74)65-62-59-56-53-51-49-47-45-43-41-39-36-33-31-29-27-25-23-21-19-17-14-11-8-5-2/h8,11,17,19-20,22-23,25-26,28-29,31-32,34,36,39,43,45,49,51,68H,4-7,9-10,12-16,18,21,24,27,30,33,35,37-38,40-42,44,46-48,50,52-67H2,1-3H3/b11-8-,19-17-,22-20-,25-23-,28-26-,31-29-,34-32-,39-36-,45-43-,51-49-. The van der Waals surface area contributed by atoms with Crippen LogP contribution < -0.4 is 0 Å². The quantitative estimate of drug-likeness (QED) is 0.0261. The minimum atomic E-state index is -0.798. The molecule has 0 saturated carbocycles. The first kappa shape index (κ1) is 72.8. The summed E-state index contributed by atoms with van der Waals surface area (Å²) in [7, 11) is 0. The Labute approximate surface area is 475 Å². The smallest absolute Gasteiger partial charge is 0.306 e. The van der Waals surface area contributed by atoms with E-state index in [9.17, 15) is 14.4 Å². The summed E-state index contributed by atoms with van der Waals surface area (Å²) in [6.07, 6.45) is 89.4. The fourth-order valence-corrected chi connectivity index (χ4v) is 8.67. The van der Waals surface area contributed by atoms with Gasteiger partial charge >= 0.3 is 17.9 Å². The lowest BCUT2D eigenvalue weighted by Gasteiger charge is -2.18. The molecule has 6 nitrogen and oxygen atoms in total. The molecule has 77 heavy (non-hydrogen) atoms. The van der Waals surface area contributed by atoms with Gasteiger partial charge in [0.1, 0.15) is 13.2 Å². The Hall–Kier alpha value is -4.19. The molecule has 0 saturated heterocycles. The average molecular weight is 1070 g/mol. The van der Waals surface area contributed by atoms with Gasteiger partial charge in [0, 0.05) is 19.3 Å². The number of hydrogen-bond donors (Lipinski definition) is 0. The number of carbonyl (C=O) groups is 3. The SMILES string of the molecule is CC/C=C\C/C=C\C/C=C\C/C=C\C/C=C\C/C=C\C/C=C\CCCCCC(=O)OC(COC(=O)CCCCCCCCC)COC(=O)CCCCCCCCCCCCCC/C=C\C/C=C\C/C=C\CCCCCCC. The van der Waals surface area contributed by atoms with Crippen molar-refractivity contribution in [2.45, 2.75) is 297 Å². The molecule has 438 valence electrons. The Kier molecular flexibility index (Phi) is 60.8. The third kappa shape index (κ3) is 62.5. The maximum Gasteiger partial charge on any atom is 0.306 e. The zero-order valence-electron chi connectivity index (χ0n) is 50.2. The van der Waals surface area contributed by atoms with Crippen LogP contribution in [0.15, 0.2) is 122 Å². The van der Waals surface area contributed by atoms with Gasteiger partial charge in [0.2, 0.25) is 0 Å². The van der Waals surface area contributed by atoms with Crippen molar-refractivity contribution >= 4 is 17.9 Å². The molecule has 0 radical (unpaired) electrons. The molecule has 0 rings (SSSR count). The third-order valence-electron chi connectivity index (χ3n) is 13.5. The molecule has 0 aromatic rings. The minimum Gasteiger partial charge on any atom is -0.462 e. The van der Waals surface area contributed by atoms with Gasteiger partial charge in [-0.25, -0.2) is 0 Å².